The van der Waals surface area contributed by atoms with Crippen LogP contribution in [0.4, 0.5) is 4.39 Å². The van der Waals surface area contributed by atoms with Gasteiger partial charge in [0.2, 0.25) is 6.29 Å². The zero-order valence-electron chi connectivity index (χ0n) is 19.8. The second-order valence-electron chi connectivity index (χ2n) is 9.02. The minimum atomic E-state index is -0.974. The molecule has 0 radical (unpaired) electrons. The summed E-state index contributed by atoms with van der Waals surface area (Å²) in [6.45, 7) is 0. The van der Waals surface area contributed by atoms with E-state index in [4.69, 9.17) is 14.3 Å². The highest BCUT2D eigenvalue weighted by atomic mass is 19.1. The molecule has 1 saturated heterocycles. The van der Waals surface area contributed by atoms with Crippen LogP contribution in [0.25, 0.3) is 0 Å². The largest absolute Gasteiger partial charge is 0.470 e. The van der Waals surface area contributed by atoms with E-state index in [2.05, 4.69) is 36.4 Å². The summed E-state index contributed by atoms with van der Waals surface area (Å²) < 4.78 is 28.2. The van der Waals surface area contributed by atoms with Gasteiger partial charge >= 0.3 is 0 Å². The molecular weight excluding hydrogens is 453 g/mol. The molecule has 0 N–H and O–H groups in total. The Labute approximate surface area is 210 Å². The summed E-state index contributed by atoms with van der Waals surface area (Å²) in [4.78, 5) is 6.12. The summed E-state index contributed by atoms with van der Waals surface area (Å²) in [6.07, 6.45) is 0.354. The average molecular weight is 480 g/mol. The van der Waals surface area contributed by atoms with E-state index in [1.165, 1.54) is 6.07 Å². The van der Waals surface area contributed by atoms with Gasteiger partial charge in [0.05, 0.1) is 11.6 Å². The summed E-state index contributed by atoms with van der Waals surface area (Å²) in [5.41, 5.74) is 3.22. The molecule has 6 rings (SSSR count). The van der Waals surface area contributed by atoms with Gasteiger partial charge < -0.3 is 9.47 Å². The first-order valence-electron chi connectivity index (χ1n) is 12.0. The number of benzene rings is 4. The summed E-state index contributed by atoms with van der Waals surface area (Å²) in [5, 5.41) is 1.65. The lowest BCUT2D eigenvalue weighted by molar-refractivity contribution is -0.197. The van der Waals surface area contributed by atoms with E-state index >= 15 is 0 Å². The first-order valence-corrected chi connectivity index (χ1v) is 12.0. The smallest absolute Gasteiger partial charge is 0.212 e. The van der Waals surface area contributed by atoms with Crippen LogP contribution in [0.2, 0.25) is 0 Å². The lowest BCUT2D eigenvalue weighted by Gasteiger charge is -2.39. The maximum Gasteiger partial charge on any atom is 0.212 e. The van der Waals surface area contributed by atoms with E-state index in [-0.39, 0.29) is 11.7 Å². The standard InChI is InChI=1S/C31H26FNO3/c1-33-27-21-34-30(28(27)29(36-33)25-19-11-12-20-26(25)32)35-31(22-13-5-2-6-14-22,23-15-7-3-8-16-23)24-17-9-4-10-18-24/h2-21,28-30H,1H3. The third-order valence-corrected chi connectivity index (χ3v) is 6.96. The van der Waals surface area contributed by atoms with E-state index in [0.29, 0.717) is 5.56 Å². The predicted molar refractivity (Wildman–Crippen MR) is 135 cm³/mol. The molecule has 36 heavy (non-hydrogen) atoms. The van der Waals surface area contributed by atoms with Crippen molar-refractivity contribution in [2.45, 2.75) is 18.0 Å². The molecule has 3 atom stereocenters. The van der Waals surface area contributed by atoms with E-state index in [0.717, 1.165) is 22.4 Å². The van der Waals surface area contributed by atoms with Gasteiger partial charge in [-0.3, -0.25) is 9.90 Å². The number of hydroxylamine groups is 2. The maximum absolute atomic E-state index is 14.9. The van der Waals surface area contributed by atoms with Gasteiger partial charge in [0.15, 0.2) is 0 Å². The van der Waals surface area contributed by atoms with E-state index < -0.39 is 18.0 Å². The van der Waals surface area contributed by atoms with Crippen LogP contribution < -0.4 is 0 Å². The highest BCUT2D eigenvalue weighted by Crippen LogP contribution is 2.51. The fourth-order valence-corrected chi connectivity index (χ4v) is 5.27. The molecule has 2 aliphatic heterocycles. The number of hydrogen-bond acceptors (Lipinski definition) is 4. The molecule has 0 amide bonds. The summed E-state index contributed by atoms with van der Waals surface area (Å²) in [7, 11) is 1.81. The number of hydrogen-bond donors (Lipinski definition) is 0. The normalized spacial score (nSPS) is 21.1. The summed E-state index contributed by atoms with van der Waals surface area (Å²) >= 11 is 0. The van der Waals surface area contributed by atoms with Crippen LogP contribution in [0, 0.1) is 11.7 Å². The van der Waals surface area contributed by atoms with Crippen LogP contribution >= 0.6 is 0 Å². The molecule has 0 aliphatic carbocycles. The Kier molecular flexibility index (Phi) is 5.80. The van der Waals surface area contributed by atoms with Gasteiger partial charge in [0.25, 0.3) is 0 Å². The minimum absolute atomic E-state index is 0.316. The second-order valence-corrected chi connectivity index (χ2v) is 9.02. The van der Waals surface area contributed by atoms with Gasteiger partial charge in [0.1, 0.15) is 23.8 Å². The average Bonchev–Trinajstić information content (AvgIpc) is 3.50. The molecule has 0 bridgehead atoms. The van der Waals surface area contributed by atoms with Gasteiger partial charge in [-0.05, 0) is 22.8 Å². The molecule has 4 aromatic carbocycles. The predicted octanol–water partition coefficient (Wildman–Crippen LogP) is 6.57. The Bertz CT molecular complexity index is 1260. The van der Waals surface area contributed by atoms with Gasteiger partial charge in [-0.15, -0.1) is 0 Å². The Balaban J connectivity index is 1.50. The van der Waals surface area contributed by atoms with Crippen molar-refractivity contribution in [2.24, 2.45) is 5.92 Å². The Morgan fingerprint density at radius 3 is 1.75 bits per heavy atom. The van der Waals surface area contributed by atoms with Crippen LogP contribution in [-0.2, 0) is 19.9 Å². The number of rotatable bonds is 6. The van der Waals surface area contributed by atoms with Crippen LogP contribution in [0.15, 0.2) is 127 Å². The Morgan fingerprint density at radius 2 is 1.22 bits per heavy atom. The molecule has 5 heteroatoms. The topological polar surface area (TPSA) is 30.9 Å². The quantitative estimate of drug-likeness (QED) is 0.293. The van der Waals surface area contributed by atoms with Crippen LogP contribution in [0.3, 0.4) is 0 Å². The molecule has 0 spiro atoms. The van der Waals surface area contributed by atoms with Crippen LogP contribution in [-0.4, -0.2) is 18.4 Å². The van der Waals surface area contributed by atoms with E-state index in [9.17, 15) is 4.39 Å². The third kappa shape index (κ3) is 3.68. The molecule has 2 aliphatic rings. The van der Waals surface area contributed by atoms with Gasteiger partial charge in [0, 0.05) is 12.6 Å². The van der Waals surface area contributed by atoms with E-state index in [1.807, 2.05) is 67.7 Å². The zero-order chi connectivity index (χ0) is 24.5. The molecule has 3 unspecified atom stereocenters. The minimum Gasteiger partial charge on any atom is -0.470 e. The van der Waals surface area contributed by atoms with Gasteiger partial charge in [-0.25, -0.2) is 4.39 Å². The zero-order valence-corrected chi connectivity index (χ0v) is 19.8. The molecule has 4 aromatic rings. The van der Waals surface area contributed by atoms with Gasteiger partial charge in [-0.2, -0.15) is 0 Å². The highest BCUT2D eigenvalue weighted by molar-refractivity contribution is 5.47. The van der Waals surface area contributed by atoms with Crippen molar-refractivity contribution in [3.8, 4) is 0 Å². The highest BCUT2D eigenvalue weighted by Gasteiger charge is 2.52. The number of ether oxygens (including phenoxy) is 2. The SMILES string of the molecule is CN1OC(c2ccccc2F)C2C1=COC2OC(c1ccccc1)(c1ccccc1)c1ccccc1. The first-order chi connectivity index (χ1) is 17.7. The monoisotopic (exact) mass is 479 g/mol. The molecule has 0 aromatic heterocycles. The van der Waals surface area contributed by atoms with E-state index in [1.54, 1.807) is 23.5 Å². The summed E-state index contributed by atoms with van der Waals surface area (Å²) in [5.74, 6) is -0.675. The van der Waals surface area contributed by atoms with Crippen molar-refractivity contribution in [1.82, 2.24) is 5.06 Å². The lowest BCUT2D eigenvalue weighted by Crippen LogP contribution is -2.40. The van der Waals surface area contributed by atoms with Crippen LogP contribution in [0.5, 0.6) is 0 Å². The van der Waals surface area contributed by atoms with Crippen molar-refractivity contribution in [3.05, 3.63) is 155 Å². The molecular formula is C31H26FNO3. The van der Waals surface area contributed by atoms with Crippen molar-refractivity contribution in [3.63, 3.8) is 0 Å². The maximum atomic E-state index is 14.9. The molecule has 2 heterocycles. The number of halogens is 1. The number of fused-ring (bicyclic) bond motifs is 1. The lowest BCUT2D eigenvalue weighted by atomic mass is 9.79. The molecule has 1 fully saturated rings. The molecule has 0 saturated carbocycles. The van der Waals surface area contributed by atoms with Crippen molar-refractivity contribution < 1.29 is 18.7 Å². The number of nitrogens with zero attached hydrogens (tertiary/aromatic N) is 1. The van der Waals surface area contributed by atoms with Crippen molar-refractivity contribution >= 4 is 0 Å². The third-order valence-electron chi connectivity index (χ3n) is 6.96. The van der Waals surface area contributed by atoms with Gasteiger partial charge in [-0.1, -0.05) is 109 Å². The fourth-order valence-electron chi connectivity index (χ4n) is 5.27. The second kappa shape index (κ2) is 9.26. The van der Waals surface area contributed by atoms with Crippen LogP contribution in [0.1, 0.15) is 28.4 Å². The molecule has 180 valence electrons. The Hall–Kier alpha value is -3.93. The van der Waals surface area contributed by atoms with Crippen molar-refractivity contribution in [2.75, 3.05) is 7.05 Å². The summed E-state index contributed by atoms with van der Waals surface area (Å²) in [6, 6.07) is 37.1. The Morgan fingerprint density at radius 1 is 0.722 bits per heavy atom. The first kappa shape index (κ1) is 22.5. The molecule has 4 nitrogen and oxygen atoms in total. The van der Waals surface area contributed by atoms with Crippen molar-refractivity contribution in [1.29, 1.82) is 0 Å². The fraction of sp³-hybridized carbons (Fsp3) is 0.161.